The monoisotopic (exact) mass is 462 g/mol. The van der Waals surface area contributed by atoms with Crippen LogP contribution in [-0.2, 0) is 42.4 Å². The molecule has 1 atom stereocenters. The highest BCUT2D eigenvalue weighted by Gasteiger charge is 2.48. The minimum Gasteiger partial charge on any atom is -0.464 e. The second-order valence-electron chi connectivity index (χ2n) is 8.55. The number of benzene rings is 1. The molecule has 0 fully saturated rings. The lowest BCUT2D eigenvalue weighted by atomic mass is 9.75. The van der Waals surface area contributed by atoms with Crippen LogP contribution in [0.15, 0.2) is 35.1 Å². The van der Waals surface area contributed by atoms with E-state index in [9.17, 15) is 19.2 Å². The predicted octanol–water partition coefficient (Wildman–Crippen LogP) is 2.62. The van der Waals surface area contributed by atoms with E-state index in [1.165, 1.54) is 13.8 Å². The first-order valence-corrected chi connectivity index (χ1v) is 10.9. The fourth-order valence-corrected chi connectivity index (χ4v) is 4.73. The van der Waals surface area contributed by atoms with Gasteiger partial charge in [0.25, 0.3) is 5.56 Å². The molecule has 0 N–H and O–H groups in total. The third kappa shape index (κ3) is 3.27. The van der Waals surface area contributed by atoms with Gasteiger partial charge in [0, 0.05) is 24.8 Å². The molecule has 0 amide bonds. The van der Waals surface area contributed by atoms with Gasteiger partial charge >= 0.3 is 17.9 Å². The van der Waals surface area contributed by atoms with E-state index in [1.807, 2.05) is 12.1 Å². The minimum atomic E-state index is -1.26. The van der Waals surface area contributed by atoms with Crippen molar-refractivity contribution in [3.05, 3.63) is 57.4 Å². The summed E-state index contributed by atoms with van der Waals surface area (Å²) in [4.78, 5) is 53.9. The second-order valence-corrected chi connectivity index (χ2v) is 8.55. The molecule has 2 aliphatic heterocycles. The lowest BCUT2D eigenvalue weighted by molar-refractivity contribution is -0.160. The number of ether oxygens (including phenoxy) is 3. The number of hydrogen-bond donors (Lipinski definition) is 0. The van der Waals surface area contributed by atoms with Crippen LogP contribution in [0.5, 0.6) is 5.75 Å². The van der Waals surface area contributed by atoms with Gasteiger partial charge in [0.1, 0.15) is 24.4 Å². The van der Waals surface area contributed by atoms with Crippen LogP contribution in [-0.4, -0.2) is 34.1 Å². The van der Waals surface area contributed by atoms with Crippen LogP contribution in [0.25, 0.3) is 22.3 Å². The zero-order chi connectivity index (χ0) is 24.2. The molecule has 0 aliphatic carbocycles. The molecule has 0 saturated carbocycles. The Kier molecular flexibility index (Phi) is 5.00. The molecule has 5 rings (SSSR count). The van der Waals surface area contributed by atoms with Crippen LogP contribution >= 0.6 is 0 Å². The maximum atomic E-state index is 13.5. The summed E-state index contributed by atoms with van der Waals surface area (Å²) in [5.74, 6) is -1.03. The molecule has 2 aliphatic rings. The summed E-state index contributed by atoms with van der Waals surface area (Å²) < 4.78 is 17.4. The van der Waals surface area contributed by atoms with E-state index in [4.69, 9.17) is 19.2 Å². The van der Waals surface area contributed by atoms with E-state index in [-0.39, 0.29) is 18.8 Å². The van der Waals surface area contributed by atoms with Crippen molar-refractivity contribution in [1.29, 1.82) is 0 Å². The Hall–Kier alpha value is -4.01. The van der Waals surface area contributed by atoms with Gasteiger partial charge in [-0.15, -0.1) is 0 Å². The Morgan fingerprint density at radius 1 is 1.15 bits per heavy atom. The Balaban J connectivity index is 1.67. The van der Waals surface area contributed by atoms with Crippen LogP contribution < -0.4 is 10.3 Å². The van der Waals surface area contributed by atoms with Crippen molar-refractivity contribution in [3.8, 4) is 17.1 Å². The topological polar surface area (TPSA) is 114 Å². The number of hydrogen-bond acceptors (Lipinski definition) is 8. The number of esters is 3. The summed E-state index contributed by atoms with van der Waals surface area (Å²) in [5.41, 5.74) is 2.13. The van der Waals surface area contributed by atoms with E-state index < -0.39 is 23.3 Å². The number of carbonyl (C=O) groups excluding carboxylic acids is 3. The molecule has 4 heterocycles. The van der Waals surface area contributed by atoms with Gasteiger partial charge in [-0.2, -0.15) is 0 Å². The van der Waals surface area contributed by atoms with Gasteiger partial charge in [0.15, 0.2) is 0 Å². The normalized spacial score (nSPS) is 18.0. The summed E-state index contributed by atoms with van der Waals surface area (Å²) >= 11 is 0. The van der Waals surface area contributed by atoms with E-state index >= 15 is 0 Å². The van der Waals surface area contributed by atoms with Crippen LogP contribution in [0.1, 0.15) is 43.9 Å². The van der Waals surface area contributed by atoms with Gasteiger partial charge in [-0.05, 0) is 42.3 Å². The number of aromatic nitrogens is 2. The van der Waals surface area contributed by atoms with Gasteiger partial charge in [-0.25, -0.2) is 4.98 Å². The first-order chi connectivity index (χ1) is 16.2. The van der Waals surface area contributed by atoms with Crippen molar-refractivity contribution >= 4 is 28.8 Å². The first kappa shape index (κ1) is 21.8. The highest BCUT2D eigenvalue weighted by Crippen LogP contribution is 2.40. The Morgan fingerprint density at radius 3 is 2.65 bits per heavy atom. The number of rotatable bonds is 4. The fourth-order valence-electron chi connectivity index (χ4n) is 4.73. The maximum Gasteiger partial charge on any atom is 0.320 e. The minimum absolute atomic E-state index is 0.132. The zero-order valence-corrected chi connectivity index (χ0v) is 19.0. The molecule has 34 heavy (non-hydrogen) atoms. The largest absolute Gasteiger partial charge is 0.464 e. The summed E-state index contributed by atoms with van der Waals surface area (Å²) in [5, 5.41) is 0.777. The Labute approximate surface area is 194 Å². The van der Waals surface area contributed by atoms with Gasteiger partial charge < -0.3 is 18.8 Å². The summed E-state index contributed by atoms with van der Waals surface area (Å²) in [6.07, 6.45) is 0.298. The average Bonchev–Trinajstić information content (AvgIpc) is 3.14. The summed E-state index contributed by atoms with van der Waals surface area (Å²) in [6.45, 7) is 4.38. The van der Waals surface area contributed by atoms with Crippen molar-refractivity contribution in [2.75, 3.05) is 6.61 Å². The van der Waals surface area contributed by atoms with Crippen LogP contribution in [0.4, 0.5) is 0 Å². The standard InChI is InChI=1S/C25H22N2O7/c1-4-25(12-33-13(2)28)19-9-21-22-16(10-27(21)23(30)18(19)11-32-24(25)31)7-15-8-17(34-14(3)29)5-6-20(15)26-22/h5-9H,4,10-12H2,1-3H3/t25-/m0/s1. The van der Waals surface area contributed by atoms with Gasteiger partial charge in [0.2, 0.25) is 0 Å². The fraction of sp³-hybridized carbons (Fsp3) is 0.320. The summed E-state index contributed by atoms with van der Waals surface area (Å²) in [7, 11) is 0. The molecule has 0 radical (unpaired) electrons. The molecule has 0 saturated heterocycles. The molecule has 0 unspecified atom stereocenters. The molecule has 2 aromatic heterocycles. The van der Waals surface area contributed by atoms with E-state index in [1.54, 1.807) is 29.7 Å². The lowest BCUT2D eigenvalue weighted by Gasteiger charge is -2.35. The molecule has 1 aromatic carbocycles. The number of fused-ring (bicyclic) bond motifs is 5. The van der Waals surface area contributed by atoms with Crippen molar-refractivity contribution in [1.82, 2.24) is 9.55 Å². The molecular weight excluding hydrogens is 440 g/mol. The second kappa shape index (κ2) is 7.79. The molecule has 0 spiro atoms. The van der Waals surface area contributed by atoms with Gasteiger partial charge in [0.05, 0.1) is 29.0 Å². The maximum absolute atomic E-state index is 13.5. The first-order valence-electron chi connectivity index (χ1n) is 10.9. The number of carbonyl (C=O) groups is 3. The lowest BCUT2D eigenvalue weighted by Crippen LogP contribution is -2.47. The Morgan fingerprint density at radius 2 is 1.94 bits per heavy atom. The average molecular weight is 462 g/mol. The molecule has 3 aromatic rings. The van der Waals surface area contributed by atoms with Crippen molar-refractivity contribution in [2.24, 2.45) is 0 Å². The van der Waals surface area contributed by atoms with Crippen LogP contribution in [0.3, 0.4) is 0 Å². The Bertz CT molecular complexity index is 1460. The molecule has 0 bridgehead atoms. The van der Waals surface area contributed by atoms with Crippen LogP contribution in [0, 0.1) is 0 Å². The number of nitrogens with zero attached hydrogens (tertiary/aromatic N) is 2. The molecule has 9 heteroatoms. The van der Waals surface area contributed by atoms with Crippen molar-refractivity contribution in [3.63, 3.8) is 0 Å². The highest BCUT2D eigenvalue weighted by atomic mass is 16.6. The predicted molar refractivity (Wildman–Crippen MR) is 120 cm³/mol. The SMILES string of the molecule is CC[C@@]1(COC(C)=O)C(=O)OCc2c1cc1n(c2=O)Cc2cc3cc(OC(C)=O)ccc3nc2-1. The number of cyclic esters (lactones) is 1. The van der Waals surface area contributed by atoms with Gasteiger partial charge in [-0.3, -0.25) is 19.2 Å². The zero-order valence-electron chi connectivity index (χ0n) is 19.0. The quantitative estimate of drug-likeness (QED) is 0.336. The van der Waals surface area contributed by atoms with E-state index in [2.05, 4.69) is 0 Å². The van der Waals surface area contributed by atoms with E-state index in [0.717, 1.165) is 10.9 Å². The third-order valence-corrected chi connectivity index (χ3v) is 6.48. The molecule has 174 valence electrons. The highest BCUT2D eigenvalue weighted by molar-refractivity contribution is 5.88. The number of pyridine rings is 2. The van der Waals surface area contributed by atoms with Crippen molar-refractivity contribution in [2.45, 2.75) is 45.8 Å². The van der Waals surface area contributed by atoms with Crippen molar-refractivity contribution < 1.29 is 28.6 Å². The molecule has 9 nitrogen and oxygen atoms in total. The van der Waals surface area contributed by atoms with Gasteiger partial charge in [-0.1, -0.05) is 6.92 Å². The van der Waals surface area contributed by atoms with E-state index in [0.29, 0.717) is 46.7 Å². The molecular formula is C25H22N2O7. The summed E-state index contributed by atoms with van der Waals surface area (Å²) in [6, 6.07) is 8.87. The third-order valence-electron chi connectivity index (χ3n) is 6.48. The smallest absolute Gasteiger partial charge is 0.320 e. The van der Waals surface area contributed by atoms with Crippen LogP contribution in [0.2, 0.25) is 0 Å².